The Balaban J connectivity index is 2.64. The maximum absolute atomic E-state index is 11.5. The van der Waals surface area contributed by atoms with Gasteiger partial charge in [0.1, 0.15) is 0 Å². The molecule has 1 aromatic carbocycles. The van der Waals surface area contributed by atoms with Crippen molar-refractivity contribution in [2.24, 2.45) is 5.73 Å². The van der Waals surface area contributed by atoms with Gasteiger partial charge in [0, 0.05) is 12.0 Å². The lowest BCUT2D eigenvalue weighted by Crippen LogP contribution is -2.26. The monoisotopic (exact) mass is 244 g/mol. The van der Waals surface area contributed by atoms with Gasteiger partial charge in [0.25, 0.3) is 0 Å². The Labute approximate surface area is 109 Å². The van der Waals surface area contributed by atoms with E-state index in [0.717, 1.165) is 17.5 Å². The highest BCUT2D eigenvalue weighted by Gasteiger charge is 2.08. The van der Waals surface area contributed by atoms with Crippen molar-refractivity contribution in [2.45, 2.75) is 32.7 Å². The second-order valence-electron chi connectivity index (χ2n) is 4.17. The van der Waals surface area contributed by atoms with Crippen LogP contribution >= 0.6 is 0 Å². The van der Waals surface area contributed by atoms with Crippen molar-refractivity contribution < 1.29 is 4.79 Å². The summed E-state index contributed by atoms with van der Waals surface area (Å²) >= 11 is 0. The summed E-state index contributed by atoms with van der Waals surface area (Å²) in [5, 5.41) is 2.96. The van der Waals surface area contributed by atoms with Gasteiger partial charge in [-0.2, -0.15) is 0 Å². The number of rotatable bonds is 4. The van der Waals surface area contributed by atoms with E-state index in [1.165, 1.54) is 0 Å². The summed E-state index contributed by atoms with van der Waals surface area (Å²) in [5.41, 5.74) is 7.34. The summed E-state index contributed by atoms with van der Waals surface area (Å²) in [5.74, 6) is 5.87. The number of hydrogen-bond donors (Lipinski definition) is 2. The number of carbonyl (C=O) groups is 1. The van der Waals surface area contributed by atoms with Crippen LogP contribution in [0.3, 0.4) is 0 Å². The van der Waals surface area contributed by atoms with Crippen molar-refractivity contribution in [3.8, 4) is 11.8 Å². The van der Waals surface area contributed by atoms with Crippen LogP contribution in [0.2, 0.25) is 0 Å². The van der Waals surface area contributed by atoms with Crippen LogP contribution in [0.15, 0.2) is 24.3 Å². The molecule has 18 heavy (non-hydrogen) atoms. The summed E-state index contributed by atoms with van der Waals surface area (Å²) in [6.45, 7) is 4.34. The van der Waals surface area contributed by atoms with Crippen LogP contribution in [0.4, 0.5) is 0 Å². The summed E-state index contributed by atoms with van der Waals surface area (Å²) in [6.07, 6.45) is 1.44. The minimum atomic E-state index is 0.0283. The molecule has 0 spiro atoms. The standard InChI is InChI=1S/C15H20N2O/c1-3-5-15(18)17-12(2)14-9-7-13(8-10-14)6-4-11-16/h7-10,12H,3,5,11,16H2,1-2H3,(H,17,18). The van der Waals surface area contributed by atoms with E-state index in [0.29, 0.717) is 13.0 Å². The largest absolute Gasteiger partial charge is 0.350 e. The molecule has 0 saturated heterocycles. The molecule has 0 saturated carbocycles. The fourth-order valence-corrected chi connectivity index (χ4v) is 1.63. The molecule has 1 atom stereocenters. The summed E-state index contributed by atoms with van der Waals surface area (Å²) < 4.78 is 0. The van der Waals surface area contributed by atoms with E-state index in [2.05, 4.69) is 17.2 Å². The molecular weight excluding hydrogens is 224 g/mol. The lowest BCUT2D eigenvalue weighted by molar-refractivity contribution is -0.121. The Bertz CT molecular complexity index is 440. The van der Waals surface area contributed by atoms with Crippen LogP contribution in [0.25, 0.3) is 0 Å². The molecule has 96 valence electrons. The van der Waals surface area contributed by atoms with Gasteiger partial charge < -0.3 is 11.1 Å². The van der Waals surface area contributed by atoms with Gasteiger partial charge in [0.2, 0.25) is 5.91 Å². The summed E-state index contributed by atoms with van der Waals surface area (Å²) in [6, 6.07) is 7.89. The second kappa shape index (κ2) is 7.52. The van der Waals surface area contributed by atoms with E-state index in [9.17, 15) is 4.79 Å². The molecule has 0 aliphatic rings. The number of amides is 1. The smallest absolute Gasteiger partial charge is 0.220 e. The predicted molar refractivity (Wildman–Crippen MR) is 73.8 cm³/mol. The first-order chi connectivity index (χ1) is 8.67. The van der Waals surface area contributed by atoms with Gasteiger partial charge >= 0.3 is 0 Å². The van der Waals surface area contributed by atoms with E-state index in [-0.39, 0.29) is 11.9 Å². The van der Waals surface area contributed by atoms with Gasteiger partial charge in [0.15, 0.2) is 0 Å². The normalized spacial score (nSPS) is 11.3. The molecule has 3 heteroatoms. The van der Waals surface area contributed by atoms with Crippen molar-refractivity contribution in [3.63, 3.8) is 0 Å². The van der Waals surface area contributed by atoms with Crippen LogP contribution in [-0.4, -0.2) is 12.5 Å². The predicted octanol–water partition coefficient (Wildman–Crippen LogP) is 1.97. The van der Waals surface area contributed by atoms with E-state index in [1.54, 1.807) is 0 Å². The lowest BCUT2D eigenvalue weighted by atomic mass is 10.1. The summed E-state index contributed by atoms with van der Waals surface area (Å²) in [7, 11) is 0. The molecule has 1 amide bonds. The molecule has 0 radical (unpaired) electrons. The van der Waals surface area contributed by atoms with Gasteiger partial charge in [-0.15, -0.1) is 0 Å². The molecule has 3 N–H and O–H groups in total. The third kappa shape index (κ3) is 4.60. The van der Waals surface area contributed by atoms with E-state index in [1.807, 2.05) is 38.1 Å². The van der Waals surface area contributed by atoms with Gasteiger partial charge in [-0.1, -0.05) is 30.9 Å². The van der Waals surface area contributed by atoms with Crippen molar-refractivity contribution in [1.82, 2.24) is 5.32 Å². The summed E-state index contributed by atoms with van der Waals surface area (Å²) in [4.78, 5) is 11.5. The molecular formula is C15H20N2O. The zero-order valence-electron chi connectivity index (χ0n) is 11.0. The number of benzene rings is 1. The molecule has 0 heterocycles. The Kier molecular flexibility index (Phi) is 5.96. The maximum Gasteiger partial charge on any atom is 0.220 e. The van der Waals surface area contributed by atoms with Crippen LogP contribution in [0.5, 0.6) is 0 Å². The van der Waals surface area contributed by atoms with Gasteiger partial charge in [0.05, 0.1) is 12.6 Å². The van der Waals surface area contributed by atoms with Crippen molar-refractivity contribution in [1.29, 1.82) is 0 Å². The third-order valence-corrected chi connectivity index (χ3v) is 2.60. The quantitative estimate of drug-likeness (QED) is 0.796. The molecule has 0 aromatic heterocycles. The SMILES string of the molecule is CCCC(=O)NC(C)c1ccc(C#CCN)cc1. The Morgan fingerprint density at radius 3 is 2.61 bits per heavy atom. The number of nitrogens with one attached hydrogen (secondary N) is 1. The van der Waals surface area contributed by atoms with Crippen molar-refractivity contribution in [2.75, 3.05) is 6.54 Å². The highest BCUT2D eigenvalue weighted by atomic mass is 16.1. The molecule has 3 nitrogen and oxygen atoms in total. The van der Waals surface area contributed by atoms with Gasteiger partial charge in [-0.05, 0) is 31.0 Å². The molecule has 1 unspecified atom stereocenters. The topological polar surface area (TPSA) is 55.1 Å². The van der Waals surface area contributed by atoms with E-state index in [4.69, 9.17) is 5.73 Å². The minimum absolute atomic E-state index is 0.0283. The van der Waals surface area contributed by atoms with Crippen LogP contribution in [0, 0.1) is 11.8 Å². The lowest BCUT2D eigenvalue weighted by Gasteiger charge is -2.14. The second-order valence-corrected chi connectivity index (χ2v) is 4.17. The molecule has 0 bridgehead atoms. The molecule has 1 aromatic rings. The van der Waals surface area contributed by atoms with Crippen LogP contribution in [0.1, 0.15) is 43.9 Å². The molecule has 0 fully saturated rings. The first-order valence-electron chi connectivity index (χ1n) is 6.25. The van der Waals surface area contributed by atoms with Crippen molar-refractivity contribution >= 4 is 5.91 Å². The minimum Gasteiger partial charge on any atom is -0.350 e. The van der Waals surface area contributed by atoms with Crippen molar-refractivity contribution in [3.05, 3.63) is 35.4 Å². The number of nitrogens with two attached hydrogens (primary N) is 1. The van der Waals surface area contributed by atoms with Gasteiger partial charge in [-0.25, -0.2) is 0 Å². The van der Waals surface area contributed by atoms with Crippen LogP contribution in [-0.2, 0) is 4.79 Å². The molecule has 0 aliphatic carbocycles. The van der Waals surface area contributed by atoms with Gasteiger partial charge in [-0.3, -0.25) is 4.79 Å². The highest BCUT2D eigenvalue weighted by molar-refractivity contribution is 5.76. The number of carbonyl (C=O) groups excluding carboxylic acids is 1. The zero-order chi connectivity index (χ0) is 13.4. The fourth-order valence-electron chi connectivity index (χ4n) is 1.63. The molecule has 0 aliphatic heterocycles. The maximum atomic E-state index is 11.5. The highest BCUT2D eigenvalue weighted by Crippen LogP contribution is 2.13. The Morgan fingerprint density at radius 2 is 2.06 bits per heavy atom. The Morgan fingerprint density at radius 1 is 1.39 bits per heavy atom. The fraction of sp³-hybridized carbons (Fsp3) is 0.400. The Hall–Kier alpha value is -1.79. The first kappa shape index (κ1) is 14.3. The number of hydrogen-bond acceptors (Lipinski definition) is 2. The molecule has 1 rings (SSSR count). The first-order valence-corrected chi connectivity index (χ1v) is 6.25. The van der Waals surface area contributed by atoms with E-state index < -0.39 is 0 Å². The van der Waals surface area contributed by atoms with E-state index >= 15 is 0 Å². The van der Waals surface area contributed by atoms with Crippen LogP contribution < -0.4 is 11.1 Å². The third-order valence-electron chi connectivity index (χ3n) is 2.60. The average molecular weight is 244 g/mol. The zero-order valence-corrected chi connectivity index (χ0v) is 11.0. The average Bonchev–Trinajstić information content (AvgIpc) is 2.37.